The number of hydrogen-bond donors (Lipinski definition) is 0. The van der Waals surface area contributed by atoms with Crippen LogP contribution >= 0.6 is 0 Å². The van der Waals surface area contributed by atoms with Crippen LogP contribution in [0.4, 0.5) is 10.1 Å². The van der Waals surface area contributed by atoms with Crippen molar-refractivity contribution < 1.29 is 28.2 Å². The standard InChI is InChI=1S/C22H25FN2O5/c1-2-28-19-9-5-6-10-20(19)29-16-22(27)30-15-21(26)25-13-11-24(12-14-25)18-8-4-3-7-17(18)23/h3-10H,2,11-16H2,1H3. The van der Waals surface area contributed by atoms with Gasteiger partial charge in [-0.2, -0.15) is 0 Å². The number of anilines is 1. The highest BCUT2D eigenvalue weighted by atomic mass is 19.1. The molecule has 0 N–H and O–H groups in total. The number of nitrogens with zero attached hydrogens (tertiary/aromatic N) is 2. The van der Waals surface area contributed by atoms with Gasteiger partial charge in [0, 0.05) is 26.2 Å². The number of piperazine rings is 1. The number of carbonyl (C=O) groups is 2. The van der Waals surface area contributed by atoms with Crippen LogP contribution in [0.25, 0.3) is 0 Å². The monoisotopic (exact) mass is 416 g/mol. The molecule has 1 heterocycles. The molecule has 1 aliphatic rings. The van der Waals surface area contributed by atoms with E-state index in [0.29, 0.717) is 50.0 Å². The molecule has 1 aliphatic heterocycles. The molecule has 0 aromatic heterocycles. The Morgan fingerprint density at radius 3 is 2.20 bits per heavy atom. The molecule has 0 atom stereocenters. The molecule has 1 amide bonds. The second kappa shape index (κ2) is 10.5. The Hall–Kier alpha value is -3.29. The van der Waals surface area contributed by atoms with Gasteiger partial charge in [-0.15, -0.1) is 0 Å². The molecule has 0 unspecified atom stereocenters. The molecular formula is C22H25FN2O5. The summed E-state index contributed by atoms with van der Waals surface area (Å²) in [5.41, 5.74) is 0.528. The fraction of sp³-hybridized carbons (Fsp3) is 0.364. The quantitative estimate of drug-likeness (QED) is 0.616. The lowest BCUT2D eigenvalue weighted by atomic mass is 10.2. The van der Waals surface area contributed by atoms with Gasteiger partial charge in [0.15, 0.2) is 24.7 Å². The van der Waals surface area contributed by atoms with Crippen LogP contribution in [0, 0.1) is 5.82 Å². The number of carbonyl (C=O) groups excluding carboxylic acids is 2. The molecule has 0 saturated carbocycles. The van der Waals surface area contributed by atoms with Crippen molar-refractivity contribution in [3.63, 3.8) is 0 Å². The van der Waals surface area contributed by atoms with Crippen LogP contribution < -0.4 is 14.4 Å². The average Bonchev–Trinajstić information content (AvgIpc) is 2.77. The molecule has 8 heteroatoms. The summed E-state index contributed by atoms with van der Waals surface area (Å²) in [5, 5.41) is 0. The first-order valence-electron chi connectivity index (χ1n) is 9.86. The molecular weight excluding hydrogens is 391 g/mol. The summed E-state index contributed by atoms with van der Waals surface area (Å²) >= 11 is 0. The second-order valence-electron chi connectivity index (χ2n) is 6.65. The van der Waals surface area contributed by atoms with Crippen molar-refractivity contribution >= 4 is 17.6 Å². The van der Waals surface area contributed by atoms with Crippen LogP contribution in [0.15, 0.2) is 48.5 Å². The topological polar surface area (TPSA) is 68.3 Å². The highest BCUT2D eigenvalue weighted by Crippen LogP contribution is 2.26. The number of benzene rings is 2. The molecule has 7 nitrogen and oxygen atoms in total. The van der Waals surface area contributed by atoms with E-state index < -0.39 is 5.97 Å². The van der Waals surface area contributed by atoms with E-state index in [-0.39, 0.29) is 24.9 Å². The van der Waals surface area contributed by atoms with Crippen LogP contribution in [0.5, 0.6) is 11.5 Å². The number of rotatable bonds is 8. The van der Waals surface area contributed by atoms with Crippen LogP contribution in [0.1, 0.15) is 6.92 Å². The van der Waals surface area contributed by atoms with Gasteiger partial charge in [-0.1, -0.05) is 24.3 Å². The normalized spacial score (nSPS) is 13.7. The minimum absolute atomic E-state index is 0.280. The number of hydrogen-bond acceptors (Lipinski definition) is 6. The van der Waals surface area contributed by atoms with Crippen LogP contribution in [-0.4, -0.2) is 62.8 Å². The van der Waals surface area contributed by atoms with Gasteiger partial charge in [-0.3, -0.25) is 4.79 Å². The van der Waals surface area contributed by atoms with Crippen molar-refractivity contribution in [2.45, 2.75) is 6.92 Å². The molecule has 0 aliphatic carbocycles. The Bertz CT molecular complexity index is 868. The van der Waals surface area contributed by atoms with Crippen molar-refractivity contribution in [1.82, 2.24) is 4.90 Å². The van der Waals surface area contributed by atoms with Crippen LogP contribution in [0.2, 0.25) is 0 Å². The van der Waals surface area contributed by atoms with Gasteiger partial charge in [0.2, 0.25) is 0 Å². The Labute approximate surface area is 174 Å². The van der Waals surface area contributed by atoms with E-state index in [4.69, 9.17) is 14.2 Å². The Morgan fingerprint density at radius 1 is 0.900 bits per heavy atom. The molecule has 2 aromatic carbocycles. The predicted molar refractivity (Wildman–Crippen MR) is 109 cm³/mol. The van der Waals surface area contributed by atoms with E-state index in [2.05, 4.69) is 0 Å². The number of amides is 1. The number of ether oxygens (including phenoxy) is 3. The lowest BCUT2D eigenvalue weighted by Gasteiger charge is -2.36. The second-order valence-corrected chi connectivity index (χ2v) is 6.65. The van der Waals surface area contributed by atoms with E-state index in [1.165, 1.54) is 6.07 Å². The van der Waals surface area contributed by atoms with Crippen molar-refractivity contribution in [3.05, 3.63) is 54.3 Å². The van der Waals surface area contributed by atoms with Gasteiger partial charge in [0.05, 0.1) is 12.3 Å². The highest BCUT2D eigenvalue weighted by Gasteiger charge is 2.23. The van der Waals surface area contributed by atoms with Crippen LogP contribution in [0.3, 0.4) is 0 Å². The maximum Gasteiger partial charge on any atom is 0.344 e. The lowest BCUT2D eigenvalue weighted by Crippen LogP contribution is -2.50. The molecule has 30 heavy (non-hydrogen) atoms. The summed E-state index contributed by atoms with van der Waals surface area (Å²) in [6, 6.07) is 13.6. The Morgan fingerprint density at radius 2 is 1.53 bits per heavy atom. The van der Waals surface area contributed by atoms with E-state index in [1.54, 1.807) is 47.4 Å². The molecule has 0 radical (unpaired) electrons. The fourth-order valence-corrected chi connectivity index (χ4v) is 3.16. The molecule has 1 fully saturated rings. The van der Waals surface area contributed by atoms with Crippen molar-refractivity contribution in [2.24, 2.45) is 0 Å². The first-order chi connectivity index (χ1) is 14.6. The summed E-state index contributed by atoms with van der Waals surface area (Å²) in [4.78, 5) is 27.8. The summed E-state index contributed by atoms with van der Waals surface area (Å²) in [5.74, 6) is -0.230. The molecule has 2 aromatic rings. The van der Waals surface area contributed by atoms with Gasteiger partial charge in [0.25, 0.3) is 5.91 Å². The zero-order valence-corrected chi connectivity index (χ0v) is 16.9. The summed E-state index contributed by atoms with van der Waals surface area (Å²) in [6.07, 6.45) is 0. The number of esters is 1. The van der Waals surface area contributed by atoms with Crippen molar-refractivity contribution in [2.75, 3.05) is 50.9 Å². The Balaban J connectivity index is 1.41. The molecule has 160 valence electrons. The number of halogens is 1. The minimum atomic E-state index is -0.639. The summed E-state index contributed by atoms with van der Waals surface area (Å²) in [7, 11) is 0. The first kappa shape index (κ1) is 21.4. The maximum atomic E-state index is 13.9. The summed E-state index contributed by atoms with van der Waals surface area (Å²) < 4.78 is 29.8. The van der Waals surface area contributed by atoms with Gasteiger partial charge in [-0.05, 0) is 31.2 Å². The van der Waals surface area contributed by atoms with Gasteiger partial charge >= 0.3 is 5.97 Å². The third-order valence-corrected chi connectivity index (χ3v) is 4.68. The molecule has 0 bridgehead atoms. The molecule has 1 saturated heterocycles. The van der Waals surface area contributed by atoms with Gasteiger partial charge in [-0.25, -0.2) is 9.18 Å². The zero-order chi connectivity index (χ0) is 21.3. The van der Waals surface area contributed by atoms with Crippen molar-refractivity contribution in [1.29, 1.82) is 0 Å². The number of para-hydroxylation sites is 3. The average molecular weight is 416 g/mol. The largest absolute Gasteiger partial charge is 0.490 e. The zero-order valence-electron chi connectivity index (χ0n) is 16.9. The fourth-order valence-electron chi connectivity index (χ4n) is 3.16. The maximum absolute atomic E-state index is 13.9. The SMILES string of the molecule is CCOc1ccccc1OCC(=O)OCC(=O)N1CCN(c2ccccc2F)CC1. The molecule has 0 spiro atoms. The van der Waals surface area contributed by atoms with Crippen molar-refractivity contribution in [3.8, 4) is 11.5 Å². The van der Waals surface area contributed by atoms with E-state index in [1.807, 2.05) is 11.8 Å². The third-order valence-electron chi connectivity index (χ3n) is 4.68. The van der Waals surface area contributed by atoms with E-state index in [0.717, 1.165) is 0 Å². The lowest BCUT2D eigenvalue weighted by molar-refractivity contribution is -0.153. The van der Waals surface area contributed by atoms with E-state index in [9.17, 15) is 14.0 Å². The first-order valence-corrected chi connectivity index (χ1v) is 9.86. The van der Waals surface area contributed by atoms with E-state index >= 15 is 0 Å². The van der Waals surface area contributed by atoms with Crippen LogP contribution in [-0.2, 0) is 14.3 Å². The predicted octanol–water partition coefficient (Wildman–Crippen LogP) is 2.50. The smallest absolute Gasteiger partial charge is 0.344 e. The minimum Gasteiger partial charge on any atom is -0.490 e. The molecule has 3 rings (SSSR count). The summed E-state index contributed by atoms with van der Waals surface area (Å²) in [6.45, 7) is 3.55. The van der Waals surface area contributed by atoms with Gasteiger partial charge < -0.3 is 24.0 Å². The van der Waals surface area contributed by atoms with Gasteiger partial charge in [0.1, 0.15) is 5.82 Å². The third kappa shape index (κ3) is 5.62. The Kier molecular flexibility index (Phi) is 7.48. The highest BCUT2D eigenvalue weighted by molar-refractivity contribution is 5.81.